The van der Waals surface area contributed by atoms with Crippen molar-refractivity contribution < 1.29 is 4.79 Å². The lowest BCUT2D eigenvalue weighted by atomic mass is 9.98. The highest BCUT2D eigenvalue weighted by molar-refractivity contribution is 5.78. The molecule has 3 rings (SSSR count). The summed E-state index contributed by atoms with van der Waals surface area (Å²) in [6.07, 6.45) is 12.0. The Morgan fingerprint density at radius 2 is 1.79 bits per heavy atom. The highest BCUT2D eigenvalue weighted by Crippen LogP contribution is 2.25. The van der Waals surface area contributed by atoms with Crippen LogP contribution in [0.15, 0.2) is 12.4 Å². The number of aromatic nitrogens is 2. The molecule has 1 aromatic heterocycles. The minimum absolute atomic E-state index is 0.280. The van der Waals surface area contributed by atoms with Gasteiger partial charge in [0.15, 0.2) is 0 Å². The Kier molecular flexibility index (Phi) is 6.18. The molecule has 1 amide bonds. The van der Waals surface area contributed by atoms with E-state index in [1.165, 1.54) is 25.7 Å². The van der Waals surface area contributed by atoms with Crippen LogP contribution in [0.25, 0.3) is 0 Å². The minimum Gasteiger partial charge on any atom is -0.341 e. The van der Waals surface area contributed by atoms with Gasteiger partial charge in [-0.05, 0) is 26.2 Å². The zero-order chi connectivity index (χ0) is 16.8. The highest BCUT2D eigenvalue weighted by atomic mass is 16.2. The Hall–Kier alpha value is -1.49. The molecule has 1 saturated heterocycles. The predicted octanol–water partition coefficient (Wildman–Crippen LogP) is 2.79. The first-order valence-electron chi connectivity index (χ1n) is 9.51. The maximum absolute atomic E-state index is 12.8. The van der Waals surface area contributed by atoms with Crippen LogP contribution in [0.3, 0.4) is 0 Å². The van der Waals surface area contributed by atoms with Crippen molar-refractivity contribution in [2.75, 3.05) is 26.2 Å². The van der Waals surface area contributed by atoms with Gasteiger partial charge in [0.2, 0.25) is 5.91 Å². The van der Waals surface area contributed by atoms with Crippen LogP contribution in [0.2, 0.25) is 0 Å². The molecule has 1 saturated carbocycles. The van der Waals surface area contributed by atoms with E-state index in [2.05, 4.69) is 19.8 Å². The van der Waals surface area contributed by atoms with Crippen molar-refractivity contribution >= 4 is 5.91 Å². The summed E-state index contributed by atoms with van der Waals surface area (Å²) in [4.78, 5) is 26.2. The molecule has 0 bridgehead atoms. The maximum atomic E-state index is 12.8. The Morgan fingerprint density at radius 1 is 1.00 bits per heavy atom. The van der Waals surface area contributed by atoms with Gasteiger partial charge in [0.25, 0.3) is 0 Å². The van der Waals surface area contributed by atoms with Crippen molar-refractivity contribution in [1.82, 2.24) is 19.8 Å². The van der Waals surface area contributed by atoms with E-state index in [-0.39, 0.29) is 5.92 Å². The molecule has 5 nitrogen and oxygen atoms in total. The van der Waals surface area contributed by atoms with Crippen LogP contribution in [-0.4, -0.2) is 51.9 Å². The molecule has 0 radical (unpaired) electrons. The number of amides is 1. The lowest BCUT2D eigenvalue weighted by Crippen LogP contribution is -2.38. The average Bonchev–Trinajstić information content (AvgIpc) is 2.99. The number of hydrogen-bond acceptors (Lipinski definition) is 4. The normalized spacial score (nSPS) is 21.3. The number of nitrogens with zero attached hydrogens (tertiary/aromatic N) is 4. The summed E-state index contributed by atoms with van der Waals surface area (Å²) in [7, 11) is 0. The van der Waals surface area contributed by atoms with Crippen LogP contribution in [0, 0.1) is 12.8 Å². The van der Waals surface area contributed by atoms with Gasteiger partial charge in [0.1, 0.15) is 0 Å². The van der Waals surface area contributed by atoms with E-state index in [1.807, 2.05) is 19.3 Å². The molecule has 0 spiro atoms. The summed E-state index contributed by atoms with van der Waals surface area (Å²) in [6, 6.07) is 0. The summed E-state index contributed by atoms with van der Waals surface area (Å²) in [6.45, 7) is 6.52. The van der Waals surface area contributed by atoms with E-state index in [0.29, 0.717) is 5.91 Å². The molecule has 5 heteroatoms. The number of aryl methyl sites for hydroxylation is 1. The summed E-state index contributed by atoms with van der Waals surface area (Å²) in [5.74, 6) is 0.691. The maximum Gasteiger partial charge on any atom is 0.225 e. The second kappa shape index (κ2) is 8.56. The van der Waals surface area contributed by atoms with Crippen molar-refractivity contribution in [2.45, 2.75) is 58.4 Å². The van der Waals surface area contributed by atoms with Crippen molar-refractivity contribution in [3.63, 3.8) is 0 Å². The fraction of sp³-hybridized carbons (Fsp3) is 0.737. The van der Waals surface area contributed by atoms with Crippen molar-refractivity contribution in [1.29, 1.82) is 0 Å². The van der Waals surface area contributed by atoms with E-state index >= 15 is 0 Å². The van der Waals surface area contributed by atoms with Gasteiger partial charge in [0, 0.05) is 51.0 Å². The third-order valence-electron chi connectivity index (χ3n) is 5.32. The Balaban J connectivity index is 1.52. The van der Waals surface area contributed by atoms with Gasteiger partial charge in [-0.3, -0.25) is 19.7 Å². The van der Waals surface area contributed by atoms with E-state index < -0.39 is 0 Å². The molecular formula is C19H30N4O. The summed E-state index contributed by atoms with van der Waals surface area (Å²) in [5.41, 5.74) is 1.97. The standard InChI is InChI=1S/C19H30N4O/c1-16-13-21-18(14-20-16)15-22-9-6-10-23(12-11-22)19(24)17-7-4-2-3-5-8-17/h13-14,17H,2-12,15H2,1H3. The second-order valence-corrected chi connectivity index (χ2v) is 7.29. The van der Waals surface area contributed by atoms with E-state index in [1.54, 1.807) is 0 Å². The van der Waals surface area contributed by atoms with Gasteiger partial charge < -0.3 is 4.90 Å². The third-order valence-corrected chi connectivity index (χ3v) is 5.32. The third kappa shape index (κ3) is 4.76. The van der Waals surface area contributed by atoms with Crippen LogP contribution in [0.5, 0.6) is 0 Å². The molecule has 2 fully saturated rings. The molecular weight excluding hydrogens is 300 g/mol. The van der Waals surface area contributed by atoms with E-state index in [4.69, 9.17) is 0 Å². The lowest BCUT2D eigenvalue weighted by Gasteiger charge is -2.26. The highest BCUT2D eigenvalue weighted by Gasteiger charge is 2.26. The Morgan fingerprint density at radius 3 is 2.50 bits per heavy atom. The molecule has 2 aliphatic rings. The van der Waals surface area contributed by atoms with Crippen LogP contribution in [0.1, 0.15) is 56.3 Å². The summed E-state index contributed by atoms with van der Waals surface area (Å²) in [5, 5.41) is 0. The summed E-state index contributed by atoms with van der Waals surface area (Å²) < 4.78 is 0. The summed E-state index contributed by atoms with van der Waals surface area (Å²) >= 11 is 0. The Labute approximate surface area is 145 Å². The van der Waals surface area contributed by atoms with Gasteiger partial charge in [0.05, 0.1) is 11.4 Å². The lowest BCUT2D eigenvalue weighted by molar-refractivity contribution is -0.135. The first kappa shape index (κ1) is 17.3. The molecule has 0 unspecified atom stereocenters. The van der Waals surface area contributed by atoms with Crippen molar-refractivity contribution in [3.8, 4) is 0 Å². The monoisotopic (exact) mass is 330 g/mol. The van der Waals surface area contributed by atoms with Gasteiger partial charge in [-0.15, -0.1) is 0 Å². The molecule has 2 heterocycles. The minimum atomic E-state index is 0.280. The van der Waals surface area contributed by atoms with Crippen LogP contribution in [0.4, 0.5) is 0 Å². The molecule has 1 aliphatic carbocycles. The second-order valence-electron chi connectivity index (χ2n) is 7.29. The molecule has 132 valence electrons. The number of carbonyl (C=O) groups is 1. The van der Waals surface area contributed by atoms with Crippen LogP contribution in [-0.2, 0) is 11.3 Å². The molecule has 1 aliphatic heterocycles. The molecule has 0 aromatic carbocycles. The SMILES string of the molecule is Cc1cnc(CN2CCCN(C(=O)C3CCCCCC3)CC2)cn1. The van der Waals surface area contributed by atoms with Gasteiger partial charge in [-0.25, -0.2) is 0 Å². The fourth-order valence-electron chi connectivity index (χ4n) is 3.86. The number of rotatable bonds is 3. The number of carbonyl (C=O) groups excluding carboxylic acids is 1. The van der Waals surface area contributed by atoms with Gasteiger partial charge in [-0.2, -0.15) is 0 Å². The molecule has 0 N–H and O–H groups in total. The zero-order valence-electron chi connectivity index (χ0n) is 14.9. The van der Waals surface area contributed by atoms with E-state index in [9.17, 15) is 4.79 Å². The van der Waals surface area contributed by atoms with Crippen molar-refractivity contribution in [2.24, 2.45) is 5.92 Å². The topological polar surface area (TPSA) is 49.3 Å². The first-order valence-corrected chi connectivity index (χ1v) is 9.51. The average molecular weight is 330 g/mol. The van der Waals surface area contributed by atoms with Crippen LogP contribution >= 0.6 is 0 Å². The Bertz CT molecular complexity index is 523. The quantitative estimate of drug-likeness (QED) is 0.800. The first-order chi connectivity index (χ1) is 11.7. The van der Waals surface area contributed by atoms with Crippen molar-refractivity contribution in [3.05, 3.63) is 23.8 Å². The smallest absolute Gasteiger partial charge is 0.225 e. The predicted molar refractivity (Wildman–Crippen MR) is 94.4 cm³/mol. The molecule has 0 atom stereocenters. The van der Waals surface area contributed by atoms with Gasteiger partial charge >= 0.3 is 0 Å². The van der Waals surface area contributed by atoms with Crippen LogP contribution < -0.4 is 0 Å². The largest absolute Gasteiger partial charge is 0.341 e. The fourth-order valence-corrected chi connectivity index (χ4v) is 3.86. The zero-order valence-corrected chi connectivity index (χ0v) is 14.9. The molecule has 24 heavy (non-hydrogen) atoms. The number of hydrogen-bond donors (Lipinski definition) is 0. The molecule has 1 aromatic rings. The van der Waals surface area contributed by atoms with Gasteiger partial charge in [-0.1, -0.05) is 25.7 Å². The van der Waals surface area contributed by atoms with E-state index in [0.717, 1.165) is 63.4 Å².